The van der Waals surface area contributed by atoms with Crippen LogP contribution in [-0.4, -0.2) is 48.4 Å². The molecule has 0 bridgehead atoms. The molecule has 0 unspecified atom stereocenters. The Labute approximate surface area is 280 Å². The molecule has 3 aliphatic rings. The lowest BCUT2D eigenvalue weighted by Crippen LogP contribution is -2.38. The van der Waals surface area contributed by atoms with Crippen LogP contribution in [0.4, 0.5) is 50.0 Å². The Hall–Kier alpha value is -4.18. The molecular weight excluding hydrogens is 691 g/mol. The fourth-order valence-corrected chi connectivity index (χ4v) is 6.83. The molecule has 1 aliphatic heterocycles. The molecule has 5 rings (SSSR count). The fourth-order valence-electron chi connectivity index (χ4n) is 6.83. The Kier molecular flexibility index (Phi) is 10.0. The summed E-state index contributed by atoms with van der Waals surface area (Å²) in [5.41, 5.74) is -5.04. The van der Waals surface area contributed by atoms with Crippen molar-refractivity contribution in [3.05, 3.63) is 58.7 Å². The van der Waals surface area contributed by atoms with Crippen molar-refractivity contribution in [2.24, 2.45) is 11.8 Å². The number of alkyl halides is 9. The van der Waals surface area contributed by atoms with Gasteiger partial charge in [0.05, 0.1) is 29.8 Å². The van der Waals surface area contributed by atoms with E-state index in [1.807, 2.05) is 0 Å². The van der Waals surface area contributed by atoms with Gasteiger partial charge in [-0.25, -0.2) is 4.79 Å². The molecule has 0 N–H and O–H groups in total. The summed E-state index contributed by atoms with van der Waals surface area (Å²) in [4.78, 5) is 41.0. The first-order valence-electron chi connectivity index (χ1n) is 15.8. The number of carbonyl (C=O) groups is 3. The molecule has 2 aromatic carbocycles. The number of benzene rings is 2. The highest BCUT2D eigenvalue weighted by molar-refractivity contribution is 5.95. The molecule has 2 aromatic rings. The molecule has 50 heavy (non-hydrogen) atoms. The Morgan fingerprint density at radius 2 is 1.52 bits per heavy atom. The lowest BCUT2D eigenvalue weighted by molar-refractivity contribution is -0.274. The van der Waals surface area contributed by atoms with Gasteiger partial charge in [-0.15, -0.1) is 13.2 Å². The Balaban J connectivity index is 1.42. The van der Waals surface area contributed by atoms with E-state index in [1.54, 1.807) is 6.92 Å². The minimum atomic E-state index is -5.15. The zero-order chi connectivity index (χ0) is 36.8. The van der Waals surface area contributed by atoms with Gasteiger partial charge in [-0.1, -0.05) is 0 Å². The van der Waals surface area contributed by atoms with Gasteiger partial charge in [-0.2, -0.15) is 26.3 Å². The number of ether oxygens (including phenoxy) is 3. The van der Waals surface area contributed by atoms with Crippen molar-refractivity contribution in [3.63, 3.8) is 0 Å². The Bertz CT molecular complexity index is 1580. The van der Waals surface area contributed by atoms with Crippen molar-refractivity contribution in [1.29, 1.82) is 0 Å². The summed E-state index contributed by atoms with van der Waals surface area (Å²) < 4.78 is 136. The molecule has 274 valence electrons. The zero-order valence-electron chi connectivity index (χ0n) is 26.8. The molecular formula is C33H33F9N2O6. The van der Waals surface area contributed by atoms with Crippen LogP contribution in [0.15, 0.2) is 36.4 Å². The van der Waals surface area contributed by atoms with Crippen LogP contribution in [0.25, 0.3) is 0 Å². The molecule has 2 aliphatic carbocycles. The summed E-state index contributed by atoms with van der Waals surface area (Å²) in [7, 11) is 1.40. The lowest BCUT2D eigenvalue weighted by atomic mass is 9.80. The summed E-state index contributed by atoms with van der Waals surface area (Å²) in [6.07, 6.45) is -15.7. The normalized spacial score (nSPS) is 21.9. The summed E-state index contributed by atoms with van der Waals surface area (Å²) in [5, 5.41) is 0. The Morgan fingerprint density at radius 1 is 0.920 bits per heavy atom. The second-order valence-corrected chi connectivity index (χ2v) is 12.8. The largest absolute Gasteiger partial charge is 0.573 e. The van der Waals surface area contributed by atoms with Crippen LogP contribution < -0.4 is 9.64 Å². The number of nitrogens with zero attached hydrogens (tertiary/aromatic N) is 2. The third-order valence-corrected chi connectivity index (χ3v) is 9.40. The summed E-state index contributed by atoms with van der Waals surface area (Å²) in [5.74, 6) is -1.87. The van der Waals surface area contributed by atoms with Crippen LogP contribution in [0, 0.1) is 11.8 Å². The number of hydrogen-bond donors (Lipinski definition) is 0. The predicted octanol–water partition coefficient (Wildman–Crippen LogP) is 8.57. The lowest BCUT2D eigenvalue weighted by Gasteiger charge is -2.32. The van der Waals surface area contributed by atoms with Crippen molar-refractivity contribution >= 4 is 23.7 Å². The molecule has 8 nitrogen and oxygen atoms in total. The van der Waals surface area contributed by atoms with E-state index in [9.17, 15) is 53.9 Å². The SMILES string of the molecule is CCOC(=O)CC1CCC(C(=O)N(C)c2ccc(OC(F)(F)F)cc2CN2C(=O)O[C@H](c3cc(C(F)(F)F)cc(C(F)(F)F)c3)C23CC3)CC1. The maximum Gasteiger partial charge on any atom is 0.573 e. The number of rotatable bonds is 9. The van der Waals surface area contributed by atoms with Gasteiger partial charge in [0.1, 0.15) is 5.75 Å². The van der Waals surface area contributed by atoms with Gasteiger partial charge >= 0.3 is 30.8 Å². The van der Waals surface area contributed by atoms with Crippen LogP contribution in [0.5, 0.6) is 5.75 Å². The number of esters is 1. The quantitative estimate of drug-likeness (QED) is 0.190. The van der Waals surface area contributed by atoms with E-state index in [1.165, 1.54) is 18.0 Å². The van der Waals surface area contributed by atoms with Crippen LogP contribution in [0.1, 0.15) is 80.2 Å². The minimum absolute atomic E-state index is 0.0116. The molecule has 2 saturated carbocycles. The van der Waals surface area contributed by atoms with Crippen LogP contribution in [0.2, 0.25) is 0 Å². The highest BCUT2D eigenvalue weighted by atomic mass is 19.4. The van der Waals surface area contributed by atoms with Gasteiger partial charge in [0.15, 0.2) is 6.10 Å². The summed E-state index contributed by atoms with van der Waals surface area (Å²) in [6, 6.07) is 4.05. The summed E-state index contributed by atoms with van der Waals surface area (Å²) in [6.45, 7) is 1.43. The second kappa shape index (κ2) is 13.5. The molecule has 3 fully saturated rings. The predicted molar refractivity (Wildman–Crippen MR) is 156 cm³/mol. The highest BCUT2D eigenvalue weighted by Crippen LogP contribution is 2.58. The van der Waals surface area contributed by atoms with E-state index in [4.69, 9.17) is 9.47 Å². The van der Waals surface area contributed by atoms with Crippen LogP contribution >= 0.6 is 0 Å². The van der Waals surface area contributed by atoms with Gasteiger partial charge in [0.25, 0.3) is 0 Å². The monoisotopic (exact) mass is 724 g/mol. The standard InChI is InChI=1S/C33H33F9N2O6/c1-3-48-26(45)12-18-4-6-19(7-5-18)28(46)43(2)25-9-8-24(50-33(40,41)42)15-21(25)17-44-29(47)49-27(30(44)10-11-30)20-13-22(31(34,35)36)16-23(14-20)32(37,38)39/h8-9,13-16,18-19,27H,3-7,10-12,17H2,1-2H3/t18?,19?,27-/m1/s1. The van der Waals surface area contributed by atoms with Gasteiger partial charge in [-0.3, -0.25) is 14.5 Å². The average molecular weight is 725 g/mol. The smallest absolute Gasteiger partial charge is 0.466 e. The van der Waals surface area contributed by atoms with Gasteiger partial charge in [0, 0.05) is 25.1 Å². The van der Waals surface area contributed by atoms with Gasteiger partial charge in [0.2, 0.25) is 5.91 Å². The number of carbonyl (C=O) groups excluding carboxylic acids is 3. The molecule has 1 atom stereocenters. The molecule has 0 radical (unpaired) electrons. The van der Waals surface area contributed by atoms with Crippen LogP contribution in [-0.2, 0) is 38.0 Å². The molecule has 1 spiro atoms. The number of hydrogen-bond acceptors (Lipinski definition) is 6. The van der Waals surface area contributed by atoms with E-state index in [0.717, 1.165) is 17.0 Å². The number of anilines is 1. The maximum atomic E-state index is 13.6. The van der Waals surface area contributed by atoms with E-state index in [0.29, 0.717) is 37.8 Å². The third-order valence-electron chi connectivity index (χ3n) is 9.40. The third kappa shape index (κ3) is 8.06. The number of halogens is 9. The molecule has 1 saturated heterocycles. The molecule has 1 heterocycles. The van der Waals surface area contributed by atoms with E-state index < -0.39 is 71.4 Å². The maximum absolute atomic E-state index is 13.6. The number of amides is 2. The highest BCUT2D eigenvalue weighted by Gasteiger charge is 2.63. The van der Waals surface area contributed by atoms with E-state index in [-0.39, 0.29) is 61.0 Å². The van der Waals surface area contributed by atoms with E-state index in [2.05, 4.69) is 4.74 Å². The van der Waals surface area contributed by atoms with Crippen molar-refractivity contribution in [1.82, 2.24) is 4.90 Å². The second-order valence-electron chi connectivity index (χ2n) is 12.8. The first-order chi connectivity index (χ1) is 23.2. The van der Waals surface area contributed by atoms with Crippen molar-refractivity contribution in [3.8, 4) is 5.75 Å². The molecule has 2 amide bonds. The average Bonchev–Trinajstić information content (AvgIpc) is 3.76. The summed E-state index contributed by atoms with van der Waals surface area (Å²) >= 11 is 0. The zero-order valence-corrected chi connectivity index (χ0v) is 26.8. The first kappa shape index (κ1) is 37.1. The van der Waals surface area contributed by atoms with Gasteiger partial charge in [-0.05, 0) is 98.9 Å². The first-order valence-corrected chi connectivity index (χ1v) is 15.8. The fraction of sp³-hybridized carbons (Fsp3) is 0.545. The van der Waals surface area contributed by atoms with Crippen LogP contribution in [0.3, 0.4) is 0 Å². The topological polar surface area (TPSA) is 85.4 Å². The van der Waals surface area contributed by atoms with Crippen molar-refractivity contribution in [2.75, 3.05) is 18.6 Å². The van der Waals surface area contributed by atoms with Crippen molar-refractivity contribution in [2.45, 2.75) is 88.8 Å². The number of cyclic esters (lactones) is 1. The molecule has 0 aromatic heterocycles. The van der Waals surface area contributed by atoms with Gasteiger partial charge < -0.3 is 19.1 Å². The molecule has 17 heteroatoms. The minimum Gasteiger partial charge on any atom is -0.466 e. The van der Waals surface area contributed by atoms with E-state index >= 15 is 0 Å². The van der Waals surface area contributed by atoms with Crippen molar-refractivity contribution < 1.29 is 68.1 Å². The Morgan fingerprint density at radius 3 is 2.04 bits per heavy atom.